The van der Waals surface area contributed by atoms with Gasteiger partial charge >= 0.3 is 0 Å². The summed E-state index contributed by atoms with van der Waals surface area (Å²) in [6.07, 6.45) is 3.05. The predicted octanol–water partition coefficient (Wildman–Crippen LogP) is 3.29. The molecule has 0 N–H and O–H groups in total. The van der Waals surface area contributed by atoms with Gasteiger partial charge in [0, 0.05) is 18.2 Å². The second-order valence-corrected chi connectivity index (χ2v) is 4.92. The topological polar surface area (TPSA) is 20.3 Å². The summed E-state index contributed by atoms with van der Waals surface area (Å²) in [5.74, 6) is -2.07. The van der Waals surface area contributed by atoms with Crippen LogP contribution in [0, 0.1) is 18.6 Å². The predicted molar refractivity (Wildman–Crippen MR) is 65.4 cm³/mol. The standard InChI is InChI=1S/C14H17F2NO/c1-9-7-12(15)13(16)8-11(9)14(18)17-6-4-3-5-10(17)2/h7-8,10H,3-6H2,1-2H3/t10-/m0/s1. The van der Waals surface area contributed by atoms with Crippen LogP contribution in [0.1, 0.15) is 42.1 Å². The Balaban J connectivity index is 2.30. The number of piperidine rings is 1. The van der Waals surface area contributed by atoms with E-state index in [1.54, 1.807) is 11.8 Å². The molecule has 0 bridgehead atoms. The van der Waals surface area contributed by atoms with Crippen molar-refractivity contribution in [3.8, 4) is 0 Å². The Kier molecular flexibility index (Phi) is 3.64. The number of halogens is 2. The van der Waals surface area contributed by atoms with Crippen molar-refractivity contribution in [2.24, 2.45) is 0 Å². The van der Waals surface area contributed by atoms with Crippen LogP contribution in [-0.4, -0.2) is 23.4 Å². The van der Waals surface area contributed by atoms with Gasteiger partial charge in [0.15, 0.2) is 11.6 Å². The van der Waals surface area contributed by atoms with Gasteiger partial charge in [0.25, 0.3) is 5.91 Å². The molecule has 0 unspecified atom stereocenters. The fourth-order valence-electron chi connectivity index (χ4n) is 2.43. The summed E-state index contributed by atoms with van der Waals surface area (Å²) in [5, 5.41) is 0. The van der Waals surface area contributed by atoms with Crippen LogP contribution >= 0.6 is 0 Å². The fourth-order valence-corrected chi connectivity index (χ4v) is 2.43. The van der Waals surface area contributed by atoms with Crippen molar-refractivity contribution in [3.05, 3.63) is 34.9 Å². The zero-order valence-corrected chi connectivity index (χ0v) is 10.7. The van der Waals surface area contributed by atoms with E-state index in [0.29, 0.717) is 12.1 Å². The van der Waals surface area contributed by atoms with E-state index in [2.05, 4.69) is 0 Å². The molecule has 0 saturated carbocycles. The molecule has 1 saturated heterocycles. The number of hydrogen-bond donors (Lipinski definition) is 0. The molecule has 4 heteroatoms. The summed E-state index contributed by atoms with van der Waals surface area (Å²) in [5.41, 5.74) is 0.749. The first-order chi connectivity index (χ1) is 8.50. The Bertz CT molecular complexity index is 473. The third kappa shape index (κ3) is 2.37. The Morgan fingerprint density at radius 1 is 1.28 bits per heavy atom. The quantitative estimate of drug-likeness (QED) is 0.752. The second kappa shape index (κ2) is 5.04. The molecular weight excluding hydrogens is 236 g/mol. The largest absolute Gasteiger partial charge is 0.336 e. The number of nitrogens with zero attached hydrogens (tertiary/aromatic N) is 1. The van der Waals surface area contributed by atoms with Gasteiger partial charge in [-0.25, -0.2) is 8.78 Å². The fraction of sp³-hybridized carbons (Fsp3) is 0.500. The summed E-state index contributed by atoms with van der Waals surface area (Å²) in [6, 6.07) is 2.25. The van der Waals surface area contributed by atoms with Crippen LogP contribution < -0.4 is 0 Å². The van der Waals surface area contributed by atoms with Crippen molar-refractivity contribution in [1.82, 2.24) is 4.90 Å². The van der Waals surface area contributed by atoms with Crippen LogP contribution in [0.4, 0.5) is 8.78 Å². The minimum Gasteiger partial charge on any atom is -0.336 e. The molecular formula is C14H17F2NO. The van der Waals surface area contributed by atoms with Crippen LogP contribution in [0.25, 0.3) is 0 Å². The van der Waals surface area contributed by atoms with Crippen molar-refractivity contribution < 1.29 is 13.6 Å². The molecule has 1 aliphatic heterocycles. The Labute approximate surface area is 106 Å². The van der Waals surface area contributed by atoms with E-state index in [1.807, 2.05) is 6.92 Å². The molecule has 0 spiro atoms. The highest BCUT2D eigenvalue weighted by atomic mass is 19.2. The lowest BCUT2D eigenvalue weighted by Crippen LogP contribution is -2.42. The third-order valence-corrected chi connectivity index (χ3v) is 3.56. The maximum absolute atomic E-state index is 13.2. The van der Waals surface area contributed by atoms with Crippen molar-refractivity contribution >= 4 is 5.91 Å². The van der Waals surface area contributed by atoms with Crippen LogP contribution in [0.3, 0.4) is 0 Å². The number of amides is 1. The highest BCUT2D eigenvalue weighted by Gasteiger charge is 2.25. The second-order valence-electron chi connectivity index (χ2n) is 4.92. The van der Waals surface area contributed by atoms with E-state index < -0.39 is 11.6 Å². The number of benzene rings is 1. The normalized spacial score (nSPS) is 20.0. The van der Waals surface area contributed by atoms with E-state index in [-0.39, 0.29) is 17.5 Å². The highest BCUT2D eigenvalue weighted by Crippen LogP contribution is 2.22. The van der Waals surface area contributed by atoms with E-state index in [9.17, 15) is 13.6 Å². The SMILES string of the molecule is Cc1cc(F)c(F)cc1C(=O)N1CCCC[C@@H]1C. The maximum Gasteiger partial charge on any atom is 0.254 e. The average Bonchev–Trinajstić information content (AvgIpc) is 2.33. The Hall–Kier alpha value is -1.45. The zero-order valence-electron chi connectivity index (χ0n) is 10.7. The summed E-state index contributed by atoms with van der Waals surface area (Å²) >= 11 is 0. The maximum atomic E-state index is 13.2. The summed E-state index contributed by atoms with van der Waals surface area (Å²) < 4.78 is 26.3. The van der Waals surface area contributed by atoms with Gasteiger partial charge in [-0.15, -0.1) is 0 Å². The first kappa shape index (κ1) is 13.0. The van der Waals surface area contributed by atoms with Crippen LogP contribution in [0.15, 0.2) is 12.1 Å². The van der Waals surface area contributed by atoms with Gasteiger partial charge in [-0.2, -0.15) is 0 Å². The lowest BCUT2D eigenvalue weighted by molar-refractivity contribution is 0.0634. The van der Waals surface area contributed by atoms with Crippen molar-refractivity contribution in [3.63, 3.8) is 0 Å². The number of carbonyl (C=O) groups is 1. The van der Waals surface area contributed by atoms with Gasteiger partial charge in [-0.3, -0.25) is 4.79 Å². The summed E-state index contributed by atoms with van der Waals surface area (Å²) in [7, 11) is 0. The molecule has 98 valence electrons. The van der Waals surface area contributed by atoms with Crippen molar-refractivity contribution in [1.29, 1.82) is 0 Å². The lowest BCUT2D eigenvalue weighted by Gasteiger charge is -2.33. The number of carbonyl (C=O) groups excluding carboxylic acids is 1. The van der Waals surface area contributed by atoms with Crippen molar-refractivity contribution in [2.75, 3.05) is 6.54 Å². The smallest absolute Gasteiger partial charge is 0.254 e. The lowest BCUT2D eigenvalue weighted by atomic mass is 10.0. The van der Waals surface area contributed by atoms with E-state index in [0.717, 1.165) is 31.4 Å². The monoisotopic (exact) mass is 253 g/mol. The number of aryl methyl sites for hydroxylation is 1. The number of likely N-dealkylation sites (tertiary alicyclic amines) is 1. The molecule has 0 aromatic heterocycles. The average molecular weight is 253 g/mol. The molecule has 1 atom stereocenters. The molecule has 1 heterocycles. The molecule has 1 aromatic rings. The first-order valence-corrected chi connectivity index (χ1v) is 6.27. The molecule has 1 aromatic carbocycles. The summed E-state index contributed by atoms with van der Waals surface area (Å²) in [4.78, 5) is 14.1. The molecule has 0 aliphatic carbocycles. The first-order valence-electron chi connectivity index (χ1n) is 6.27. The minimum atomic E-state index is -0.964. The van der Waals surface area contributed by atoms with E-state index >= 15 is 0 Å². The van der Waals surface area contributed by atoms with Gasteiger partial charge in [0.1, 0.15) is 0 Å². The Morgan fingerprint density at radius 2 is 1.94 bits per heavy atom. The third-order valence-electron chi connectivity index (χ3n) is 3.56. The number of hydrogen-bond acceptors (Lipinski definition) is 1. The number of rotatable bonds is 1. The van der Waals surface area contributed by atoms with Gasteiger partial charge in [0.2, 0.25) is 0 Å². The molecule has 2 nitrogen and oxygen atoms in total. The molecule has 1 aliphatic rings. The molecule has 2 rings (SSSR count). The van der Waals surface area contributed by atoms with E-state index in [1.165, 1.54) is 0 Å². The molecule has 0 radical (unpaired) electrons. The van der Waals surface area contributed by atoms with Crippen LogP contribution in [0.5, 0.6) is 0 Å². The van der Waals surface area contributed by atoms with E-state index in [4.69, 9.17) is 0 Å². The van der Waals surface area contributed by atoms with Gasteiger partial charge in [-0.05, 0) is 50.8 Å². The molecule has 18 heavy (non-hydrogen) atoms. The Morgan fingerprint density at radius 3 is 2.61 bits per heavy atom. The van der Waals surface area contributed by atoms with Gasteiger partial charge < -0.3 is 4.90 Å². The summed E-state index contributed by atoms with van der Waals surface area (Å²) in [6.45, 7) is 4.31. The van der Waals surface area contributed by atoms with Gasteiger partial charge in [-0.1, -0.05) is 0 Å². The molecule has 1 fully saturated rings. The van der Waals surface area contributed by atoms with Crippen LogP contribution in [-0.2, 0) is 0 Å². The highest BCUT2D eigenvalue weighted by molar-refractivity contribution is 5.95. The zero-order chi connectivity index (χ0) is 13.3. The van der Waals surface area contributed by atoms with Crippen LogP contribution in [0.2, 0.25) is 0 Å². The minimum absolute atomic E-state index is 0.166. The van der Waals surface area contributed by atoms with Gasteiger partial charge in [0.05, 0.1) is 0 Å². The molecule has 1 amide bonds. The van der Waals surface area contributed by atoms with Crippen molar-refractivity contribution in [2.45, 2.75) is 39.2 Å².